The van der Waals surface area contributed by atoms with Gasteiger partial charge < -0.3 is 0 Å². The summed E-state index contributed by atoms with van der Waals surface area (Å²) in [5.74, 6) is 0.923. The van der Waals surface area contributed by atoms with E-state index < -0.39 is 0 Å². The lowest BCUT2D eigenvalue weighted by atomic mass is 9.75. The molecule has 0 unspecified atom stereocenters. The maximum Gasteiger partial charge on any atom is 0.0501 e. The van der Waals surface area contributed by atoms with E-state index in [0.29, 0.717) is 23.8 Å². The van der Waals surface area contributed by atoms with Crippen LogP contribution in [0, 0.1) is 13.8 Å². The van der Waals surface area contributed by atoms with Gasteiger partial charge in [0.2, 0.25) is 0 Å². The quantitative estimate of drug-likeness (QED) is 0.495. The lowest BCUT2D eigenvalue weighted by molar-refractivity contribution is 0.637. The predicted molar refractivity (Wildman–Crippen MR) is 106 cm³/mol. The number of alkyl halides is 1. The summed E-state index contributed by atoms with van der Waals surface area (Å²) in [7, 11) is 0. The number of rotatable bonds is 6. The molecule has 0 spiro atoms. The van der Waals surface area contributed by atoms with Gasteiger partial charge in [-0.1, -0.05) is 56.7 Å². The van der Waals surface area contributed by atoms with Crippen LogP contribution in [0.4, 0.5) is 3.89 Å². The summed E-state index contributed by atoms with van der Waals surface area (Å²) in [5.41, 5.74) is 8.39. The molecule has 0 fully saturated rings. The monoisotopic (exact) mass is 364 g/mol. The molecule has 0 aliphatic rings. The Morgan fingerprint density at radius 3 is 2.21 bits per heavy atom. The van der Waals surface area contributed by atoms with Gasteiger partial charge in [0.25, 0.3) is 0 Å². The van der Waals surface area contributed by atoms with Crippen molar-refractivity contribution in [3.05, 3.63) is 69.3 Å². The molecular formula is C21H26ClFS. The molecule has 2 aromatic carbocycles. The van der Waals surface area contributed by atoms with Gasteiger partial charge in [0, 0.05) is 23.4 Å². The van der Waals surface area contributed by atoms with E-state index in [0.717, 1.165) is 12.0 Å². The lowest BCUT2D eigenvalue weighted by Gasteiger charge is -2.29. The van der Waals surface area contributed by atoms with Gasteiger partial charge in [-0.25, -0.2) is 0 Å². The molecule has 0 nitrogen and oxygen atoms in total. The summed E-state index contributed by atoms with van der Waals surface area (Å²) in [6, 6.07) is 10.9. The first kappa shape index (κ1) is 19.3. The predicted octanol–water partition coefficient (Wildman–Crippen LogP) is 7.05. The number of hydrogen-bond acceptors (Lipinski definition) is 1. The summed E-state index contributed by atoms with van der Waals surface area (Å²) < 4.78 is 12.7. The van der Waals surface area contributed by atoms with Gasteiger partial charge in [0.05, 0.1) is 5.75 Å². The fourth-order valence-corrected chi connectivity index (χ4v) is 3.81. The summed E-state index contributed by atoms with van der Waals surface area (Å²) in [4.78, 5) is 0. The smallest absolute Gasteiger partial charge is 0.0501 e. The van der Waals surface area contributed by atoms with E-state index in [4.69, 9.17) is 11.6 Å². The Bertz CT molecular complexity index is 697. The second-order valence-corrected chi connectivity index (χ2v) is 7.77. The van der Waals surface area contributed by atoms with E-state index >= 15 is 0 Å². The Hall–Kier alpha value is -0.990. The molecule has 0 saturated heterocycles. The Morgan fingerprint density at radius 1 is 1.00 bits per heavy atom. The number of hydrogen-bond donors (Lipinski definition) is 0. The molecule has 130 valence electrons. The van der Waals surface area contributed by atoms with Crippen molar-refractivity contribution in [2.45, 2.75) is 58.1 Å². The van der Waals surface area contributed by atoms with Crippen molar-refractivity contribution in [3.63, 3.8) is 0 Å². The van der Waals surface area contributed by atoms with Crippen LogP contribution in [0.15, 0.2) is 30.3 Å². The Kier molecular flexibility index (Phi) is 6.39. The highest BCUT2D eigenvalue weighted by molar-refractivity contribution is 7.93. The molecule has 0 amide bonds. The molecule has 24 heavy (non-hydrogen) atoms. The SMILES string of the molecule is CCc1cc(C(C)(C)c2cc(C)cc(CSF)c2)cc(CCl)c1C. The highest BCUT2D eigenvalue weighted by Crippen LogP contribution is 2.35. The van der Waals surface area contributed by atoms with E-state index in [-0.39, 0.29) is 5.41 Å². The third-order valence-corrected chi connectivity index (χ3v) is 5.68. The largest absolute Gasteiger partial charge is 0.165 e. The van der Waals surface area contributed by atoms with Crippen molar-refractivity contribution in [2.24, 2.45) is 0 Å². The van der Waals surface area contributed by atoms with Crippen molar-refractivity contribution in [2.75, 3.05) is 0 Å². The minimum atomic E-state index is -0.153. The van der Waals surface area contributed by atoms with Crippen LogP contribution < -0.4 is 0 Å². The van der Waals surface area contributed by atoms with Crippen molar-refractivity contribution in [1.29, 1.82) is 0 Å². The zero-order valence-corrected chi connectivity index (χ0v) is 16.7. The fraction of sp³-hybridized carbons (Fsp3) is 0.429. The number of aryl methyl sites for hydroxylation is 2. The maximum absolute atomic E-state index is 12.7. The lowest BCUT2D eigenvalue weighted by Crippen LogP contribution is -2.20. The van der Waals surface area contributed by atoms with E-state index in [1.165, 1.54) is 33.4 Å². The second-order valence-electron chi connectivity index (χ2n) is 6.99. The standard InChI is InChI=1S/C21H26ClFS/c1-6-17-10-20(11-18(12-22)15(17)3)21(4,5)19-8-14(2)7-16(9-19)13-24-23/h7-11H,6,12-13H2,1-5H3. The summed E-state index contributed by atoms with van der Waals surface area (Å²) in [5, 5.41) is 0. The van der Waals surface area contributed by atoms with Crippen LogP contribution >= 0.6 is 23.7 Å². The summed E-state index contributed by atoms with van der Waals surface area (Å²) >= 11 is 6.55. The van der Waals surface area contributed by atoms with Crippen LogP contribution in [0.5, 0.6) is 0 Å². The van der Waals surface area contributed by atoms with Crippen molar-refractivity contribution in [3.8, 4) is 0 Å². The molecule has 0 heterocycles. The van der Waals surface area contributed by atoms with Gasteiger partial charge in [-0.15, -0.1) is 11.6 Å². The first-order chi connectivity index (χ1) is 11.3. The van der Waals surface area contributed by atoms with Gasteiger partial charge in [-0.2, -0.15) is 3.89 Å². The second kappa shape index (κ2) is 7.93. The maximum atomic E-state index is 12.7. The third-order valence-electron chi connectivity index (χ3n) is 4.95. The summed E-state index contributed by atoms with van der Waals surface area (Å²) in [6.07, 6.45) is 0.997. The van der Waals surface area contributed by atoms with Crippen LogP contribution in [-0.2, 0) is 23.5 Å². The topological polar surface area (TPSA) is 0 Å². The van der Waals surface area contributed by atoms with Crippen LogP contribution in [0.25, 0.3) is 0 Å². The first-order valence-corrected chi connectivity index (χ1v) is 9.79. The van der Waals surface area contributed by atoms with Crippen LogP contribution in [0.1, 0.15) is 59.7 Å². The molecule has 0 bridgehead atoms. The molecule has 0 aliphatic carbocycles. The van der Waals surface area contributed by atoms with E-state index in [9.17, 15) is 3.89 Å². The normalized spacial score (nSPS) is 11.8. The van der Waals surface area contributed by atoms with Crippen LogP contribution in [0.3, 0.4) is 0 Å². The molecule has 2 rings (SSSR count). The van der Waals surface area contributed by atoms with Crippen molar-refractivity contribution >= 4 is 23.7 Å². The molecular weight excluding hydrogens is 339 g/mol. The average Bonchev–Trinajstić information content (AvgIpc) is 2.54. The third kappa shape index (κ3) is 3.97. The first-order valence-electron chi connectivity index (χ1n) is 8.36. The molecule has 2 aromatic rings. The Balaban J connectivity index is 2.58. The van der Waals surface area contributed by atoms with E-state index in [2.05, 4.69) is 65.0 Å². The zero-order valence-electron chi connectivity index (χ0n) is 15.2. The van der Waals surface area contributed by atoms with E-state index in [1.807, 2.05) is 0 Å². The molecule has 0 saturated carbocycles. The molecule has 0 N–H and O–H groups in total. The molecule has 0 aliphatic heterocycles. The van der Waals surface area contributed by atoms with Crippen molar-refractivity contribution < 1.29 is 3.89 Å². The Labute approximate surface area is 155 Å². The van der Waals surface area contributed by atoms with E-state index in [1.54, 1.807) is 0 Å². The van der Waals surface area contributed by atoms with Crippen LogP contribution in [-0.4, -0.2) is 0 Å². The number of benzene rings is 2. The van der Waals surface area contributed by atoms with Gasteiger partial charge >= 0.3 is 0 Å². The molecule has 0 radical (unpaired) electrons. The highest BCUT2D eigenvalue weighted by atomic mass is 35.5. The molecule has 3 heteroatoms. The number of halogens is 2. The highest BCUT2D eigenvalue weighted by Gasteiger charge is 2.25. The zero-order chi connectivity index (χ0) is 17.9. The average molecular weight is 365 g/mol. The van der Waals surface area contributed by atoms with Gasteiger partial charge in [-0.3, -0.25) is 0 Å². The van der Waals surface area contributed by atoms with Gasteiger partial charge in [-0.05, 0) is 53.6 Å². The van der Waals surface area contributed by atoms with Crippen LogP contribution in [0.2, 0.25) is 0 Å². The molecule has 0 atom stereocenters. The van der Waals surface area contributed by atoms with Gasteiger partial charge in [0.15, 0.2) is 0 Å². The molecule has 0 aromatic heterocycles. The van der Waals surface area contributed by atoms with Gasteiger partial charge in [0.1, 0.15) is 0 Å². The Morgan fingerprint density at radius 2 is 1.62 bits per heavy atom. The minimum absolute atomic E-state index is 0.153. The summed E-state index contributed by atoms with van der Waals surface area (Å²) in [6.45, 7) is 10.9. The fourth-order valence-electron chi connectivity index (χ4n) is 3.24. The minimum Gasteiger partial charge on any atom is -0.165 e. The van der Waals surface area contributed by atoms with Crippen molar-refractivity contribution in [1.82, 2.24) is 0 Å².